The fraction of sp³-hybridized carbons (Fsp3) is 0.667. The van der Waals surface area contributed by atoms with Crippen LogP contribution in [0.4, 0.5) is 8.78 Å². The Morgan fingerprint density at radius 2 is 2.05 bits per heavy atom. The quantitative estimate of drug-likeness (QED) is 0.927. The van der Waals surface area contributed by atoms with Crippen LogP contribution >= 0.6 is 11.3 Å². The third kappa shape index (κ3) is 2.14. The molecule has 1 fully saturated rings. The van der Waals surface area contributed by atoms with E-state index >= 15 is 0 Å². The van der Waals surface area contributed by atoms with Crippen molar-refractivity contribution in [2.24, 2.45) is 0 Å². The summed E-state index contributed by atoms with van der Waals surface area (Å²) >= 11 is 0.847. The lowest BCUT2D eigenvalue weighted by atomic mass is 9.96. The van der Waals surface area contributed by atoms with Crippen molar-refractivity contribution in [2.75, 3.05) is 6.26 Å². The van der Waals surface area contributed by atoms with Gasteiger partial charge in [-0.25, -0.2) is 17.2 Å². The predicted molar refractivity (Wildman–Crippen MR) is 69.3 cm³/mol. The van der Waals surface area contributed by atoms with Crippen molar-refractivity contribution >= 4 is 21.2 Å². The molecule has 0 bridgehead atoms. The van der Waals surface area contributed by atoms with Crippen LogP contribution < -0.4 is 4.74 Å². The van der Waals surface area contributed by atoms with Gasteiger partial charge in [-0.15, -0.1) is 0 Å². The third-order valence-corrected chi connectivity index (χ3v) is 6.71. The Bertz CT molecular complexity index is 647. The molecule has 2 aliphatic carbocycles. The maximum absolute atomic E-state index is 13.6. The first-order valence-corrected chi connectivity index (χ1v) is 8.99. The third-order valence-electron chi connectivity index (χ3n) is 3.73. The maximum atomic E-state index is 13.6. The number of thiophene rings is 1. The first kappa shape index (κ1) is 14.2. The van der Waals surface area contributed by atoms with Crippen LogP contribution in [0.1, 0.15) is 36.5 Å². The van der Waals surface area contributed by atoms with E-state index in [0.717, 1.165) is 36.9 Å². The number of hydrogen-bond donors (Lipinski definition) is 1. The Morgan fingerprint density at radius 3 is 2.55 bits per heavy atom. The van der Waals surface area contributed by atoms with Crippen LogP contribution in [-0.2, 0) is 16.3 Å². The molecule has 0 radical (unpaired) electrons. The van der Waals surface area contributed by atoms with Crippen LogP contribution in [-0.4, -0.2) is 31.8 Å². The second-order valence-electron chi connectivity index (χ2n) is 5.35. The molecule has 3 rings (SSSR count). The normalized spacial score (nSPS) is 25.3. The first-order chi connectivity index (χ1) is 9.20. The summed E-state index contributed by atoms with van der Waals surface area (Å²) in [5, 5.41) is 9.93. The van der Waals surface area contributed by atoms with E-state index in [1.54, 1.807) is 0 Å². The molecule has 0 saturated heterocycles. The van der Waals surface area contributed by atoms with E-state index in [1.165, 1.54) is 0 Å². The molecule has 1 saturated carbocycles. The summed E-state index contributed by atoms with van der Waals surface area (Å²) < 4.78 is 56.2. The average molecular weight is 324 g/mol. The zero-order valence-corrected chi connectivity index (χ0v) is 12.4. The van der Waals surface area contributed by atoms with Gasteiger partial charge in [-0.1, -0.05) is 11.3 Å². The van der Waals surface area contributed by atoms with Gasteiger partial charge in [0.1, 0.15) is 10.3 Å². The number of ether oxygens (including phenoxy) is 1. The minimum atomic E-state index is -3.67. The van der Waals surface area contributed by atoms with Gasteiger partial charge in [-0.3, -0.25) is 0 Å². The van der Waals surface area contributed by atoms with Gasteiger partial charge >= 0.3 is 0 Å². The maximum Gasteiger partial charge on any atom is 0.281 e. The van der Waals surface area contributed by atoms with E-state index < -0.39 is 28.3 Å². The van der Waals surface area contributed by atoms with Crippen molar-refractivity contribution in [3.8, 4) is 5.06 Å². The molecule has 1 N–H and O–H groups in total. The number of aliphatic hydroxyl groups excluding tert-OH is 1. The van der Waals surface area contributed by atoms with Crippen LogP contribution in [0.25, 0.3) is 0 Å². The van der Waals surface area contributed by atoms with Crippen LogP contribution in [0, 0.1) is 0 Å². The molecule has 0 spiro atoms. The summed E-state index contributed by atoms with van der Waals surface area (Å²) in [7, 11) is -3.67. The summed E-state index contributed by atoms with van der Waals surface area (Å²) in [5.74, 6) is -3.34. The number of hydrogen-bond acceptors (Lipinski definition) is 5. The predicted octanol–water partition coefficient (Wildman–Crippen LogP) is 2.31. The second-order valence-corrected chi connectivity index (χ2v) is 8.55. The summed E-state index contributed by atoms with van der Waals surface area (Å²) in [4.78, 5) is 0. The van der Waals surface area contributed by atoms with Crippen LogP contribution in [0.2, 0.25) is 0 Å². The molecule has 1 aromatic heterocycles. The van der Waals surface area contributed by atoms with Crippen molar-refractivity contribution in [3.63, 3.8) is 0 Å². The van der Waals surface area contributed by atoms with Gasteiger partial charge in [0.25, 0.3) is 5.92 Å². The number of alkyl halides is 2. The average Bonchev–Trinajstić information content (AvgIpc) is 2.70. The van der Waals surface area contributed by atoms with Crippen LogP contribution in [0.3, 0.4) is 0 Å². The van der Waals surface area contributed by atoms with Crippen molar-refractivity contribution in [1.29, 1.82) is 0 Å². The van der Waals surface area contributed by atoms with Gasteiger partial charge in [-0.2, -0.15) is 0 Å². The smallest absolute Gasteiger partial charge is 0.281 e. The number of aliphatic hydroxyl groups is 1. The highest BCUT2D eigenvalue weighted by Gasteiger charge is 2.52. The molecule has 112 valence electrons. The molecule has 2 aliphatic rings. The molecular weight excluding hydrogens is 310 g/mol. The van der Waals surface area contributed by atoms with Gasteiger partial charge in [-0.05, 0) is 19.3 Å². The molecule has 0 aliphatic heterocycles. The monoisotopic (exact) mass is 324 g/mol. The lowest BCUT2D eigenvalue weighted by Crippen LogP contribution is -2.25. The summed E-state index contributed by atoms with van der Waals surface area (Å²) in [6.45, 7) is 0. The van der Waals surface area contributed by atoms with Gasteiger partial charge < -0.3 is 9.84 Å². The minimum absolute atomic E-state index is 0.0310. The molecule has 1 atom stereocenters. The van der Waals surface area contributed by atoms with E-state index in [9.17, 15) is 22.3 Å². The topological polar surface area (TPSA) is 63.6 Å². The zero-order valence-electron chi connectivity index (χ0n) is 10.7. The van der Waals surface area contributed by atoms with Gasteiger partial charge in [0.2, 0.25) is 0 Å². The Labute approximate surface area is 119 Å². The lowest BCUT2D eigenvalue weighted by Gasteiger charge is -2.26. The molecule has 4 nitrogen and oxygen atoms in total. The van der Waals surface area contributed by atoms with E-state index in [4.69, 9.17) is 4.74 Å². The highest BCUT2D eigenvalue weighted by atomic mass is 32.2. The number of rotatable bonds is 3. The molecule has 0 amide bonds. The van der Waals surface area contributed by atoms with Gasteiger partial charge in [0, 0.05) is 23.8 Å². The highest BCUT2D eigenvalue weighted by Crippen LogP contribution is 2.53. The summed E-state index contributed by atoms with van der Waals surface area (Å²) in [5.41, 5.74) is -0.0170. The van der Waals surface area contributed by atoms with E-state index in [-0.39, 0.29) is 26.5 Å². The molecule has 8 heteroatoms. The molecule has 1 aromatic rings. The fourth-order valence-electron chi connectivity index (χ4n) is 2.43. The zero-order chi connectivity index (χ0) is 14.7. The summed E-state index contributed by atoms with van der Waals surface area (Å²) in [6, 6.07) is 0. The largest absolute Gasteiger partial charge is 0.481 e. The second kappa shape index (κ2) is 4.38. The fourth-order valence-corrected chi connectivity index (χ4v) is 4.90. The van der Waals surface area contributed by atoms with Crippen LogP contribution in [0.15, 0.2) is 4.21 Å². The lowest BCUT2D eigenvalue weighted by molar-refractivity contribution is -0.0976. The Morgan fingerprint density at radius 1 is 1.40 bits per heavy atom. The minimum Gasteiger partial charge on any atom is -0.481 e. The van der Waals surface area contributed by atoms with Crippen molar-refractivity contribution in [3.05, 3.63) is 11.1 Å². The standard InChI is InChI=1S/C12H14F2O4S2/c1-20(16,17)11-8-7(5-12(13,14)9(8)15)10(19-11)18-6-3-2-4-6/h6,9,15H,2-5H2,1H3/t9-/m0/s1. The SMILES string of the molecule is CS(=O)(=O)c1sc(OC2CCC2)c2c1[C@H](O)C(F)(F)C2. The number of sulfone groups is 1. The number of fused-ring (bicyclic) bond motifs is 1. The molecular formula is C12H14F2O4S2. The Balaban J connectivity index is 2.08. The van der Waals surface area contributed by atoms with Crippen molar-refractivity contribution in [2.45, 2.75) is 48.0 Å². The Kier molecular flexibility index (Phi) is 3.11. The summed E-state index contributed by atoms with van der Waals surface area (Å²) in [6.07, 6.45) is 0.900. The molecule has 20 heavy (non-hydrogen) atoms. The first-order valence-electron chi connectivity index (χ1n) is 6.28. The van der Waals surface area contributed by atoms with E-state index in [2.05, 4.69) is 0 Å². The highest BCUT2D eigenvalue weighted by molar-refractivity contribution is 7.92. The van der Waals surface area contributed by atoms with Crippen molar-refractivity contribution in [1.82, 2.24) is 0 Å². The molecule has 0 unspecified atom stereocenters. The van der Waals surface area contributed by atoms with Gasteiger partial charge in [0.05, 0.1) is 6.10 Å². The van der Waals surface area contributed by atoms with E-state index in [1.807, 2.05) is 0 Å². The number of halogens is 2. The van der Waals surface area contributed by atoms with Crippen molar-refractivity contribution < 1.29 is 27.0 Å². The van der Waals surface area contributed by atoms with Gasteiger partial charge in [0.15, 0.2) is 14.9 Å². The van der Waals surface area contributed by atoms with Crippen LogP contribution in [0.5, 0.6) is 5.06 Å². The van der Waals surface area contributed by atoms with E-state index in [0.29, 0.717) is 0 Å². The Hall–Kier alpha value is -0.730. The molecule has 1 heterocycles. The molecule has 0 aromatic carbocycles.